The van der Waals surface area contributed by atoms with Crippen molar-refractivity contribution < 1.29 is 14.2 Å². The van der Waals surface area contributed by atoms with Crippen LogP contribution in [0.1, 0.15) is 42.7 Å². The van der Waals surface area contributed by atoms with Crippen LogP contribution in [0.25, 0.3) is 10.9 Å². The van der Waals surface area contributed by atoms with Crippen molar-refractivity contribution >= 4 is 10.9 Å². The molecule has 1 aliphatic carbocycles. The molecule has 0 radical (unpaired) electrons. The minimum Gasteiger partial charge on any atom is -0.484 e. The van der Waals surface area contributed by atoms with Gasteiger partial charge in [-0.3, -0.25) is 9.88 Å². The van der Waals surface area contributed by atoms with Crippen LogP contribution in [0.4, 0.5) is 0 Å². The van der Waals surface area contributed by atoms with Gasteiger partial charge in [0, 0.05) is 30.2 Å². The van der Waals surface area contributed by atoms with E-state index < -0.39 is 0 Å². The van der Waals surface area contributed by atoms with Gasteiger partial charge in [-0.15, -0.1) is 5.10 Å². The molecule has 4 aliphatic heterocycles. The molecule has 166 valence electrons. The normalized spacial score (nSPS) is 29.9. The minimum absolute atomic E-state index is 0.0639. The van der Waals surface area contributed by atoms with Crippen molar-refractivity contribution in [3.8, 4) is 5.75 Å². The van der Waals surface area contributed by atoms with Crippen molar-refractivity contribution in [2.24, 2.45) is 0 Å². The second-order valence-electron chi connectivity index (χ2n) is 9.87. The summed E-state index contributed by atoms with van der Waals surface area (Å²) in [5.74, 6) is 0.831. The number of aromatic nitrogens is 4. The molecule has 8 nitrogen and oxygen atoms in total. The molecular weight excluding hydrogens is 406 g/mol. The molecular formula is C24H27N5O3. The summed E-state index contributed by atoms with van der Waals surface area (Å²) < 4.78 is 19.7. The third-order valence-electron chi connectivity index (χ3n) is 7.87. The van der Waals surface area contributed by atoms with E-state index in [1.54, 1.807) is 0 Å². The van der Waals surface area contributed by atoms with E-state index in [-0.39, 0.29) is 17.2 Å². The van der Waals surface area contributed by atoms with Gasteiger partial charge >= 0.3 is 0 Å². The van der Waals surface area contributed by atoms with E-state index in [0.29, 0.717) is 6.61 Å². The van der Waals surface area contributed by atoms with Gasteiger partial charge in [-0.05, 0) is 55.5 Å². The molecule has 8 heteroatoms. The minimum atomic E-state index is -0.185. The third-order valence-corrected chi connectivity index (χ3v) is 7.87. The Labute approximate surface area is 186 Å². The Hall–Kier alpha value is -2.55. The van der Waals surface area contributed by atoms with Crippen molar-refractivity contribution in [3.63, 3.8) is 0 Å². The van der Waals surface area contributed by atoms with Gasteiger partial charge in [0.05, 0.1) is 43.7 Å². The van der Waals surface area contributed by atoms with E-state index >= 15 is 0 Å². The lowest BCUT2D eigenvalue weighted by Crippen LogP contribution is -2.58. The molecule has 4 fully saturated rings. The summed E-state index contributed by atoms with van der Waals surface area (Å²) in [7, 11) is 0. The number of ether oxygens (including phenoxy) is 3. The Balaban J connectivity index is 1.12. The molecule has 1 atom stereocenters. The molecule has 2 bridgehead atoms. The summed E-state index contributed by atoms with van der Waals surface area (Å²) >= 11 is 0. The van der Waals surface area contributed by atoms with Crippen molar-refractivity contribution in [3.05, 3.63) is 47.4 Å². The lowest BCUT2D eigenvalue weighted by Gasteiger charge is -2.49. The third kappa shape index (κ3) is 2.69. The van der Waals surface area contributed by atoms with Crippen LogP contribution < -0.4 is 4.74 Å². The van der Waals surface area contributed by atoms with Crippen LogP contribution in [-0.4, -0.2) is 63.3 Å². The fourth-order valence-corrected chi connectivity index (χ4v) is 6.29. The Morgan fingerprint density at radius 3 is 3.00 bits per heavy atom. The van der Waals surface area contributed by atoms with Gasteiger partial charge in [-0.1, -0.05) is 5.21 Å². The number of rotatable bonds is 4. The zero-order valence-electron chi connectivity index (χ0n) is 18.3. The monoisotopic (exact) mass is 433 g/mol. The first-order valence-electron chi connectivity index (χ1n) is 11.5. The molecule has 1 saturated carbocycles. The van der Waals surface area contributed by atoms with Crippen molar-refractivity contribution in [1.82, 2.24) is 24.9 Å². The smallest absolute Gasteiger partial charge is 0.141 e. The Morgan fingerprint density at radius 1 is 1.16 bits per heavy atom. The molecule has 1 spiro atoms. The van der Waals surface area contributed by atoms with Crippen LogP contribution in [0.15, 0.2) is 30.6 Å². The quantitative estimate of drug-likeness (QED) is 0.626. The SMILES string of the molecule is C[C@@H](Oc1ccc2ncc3c(c2c1)CCOC3)c1cn(C23CN4CCOCC4(C2)C3)nn1. The fraction of sp³-hybridized carbons (Fsp3) is 0.542. The molecule has 32 heavy (non-hydrogen) atoms. The largest absolute Gasteiger partial charge is 0.484 e. The molecule has 3 aromatic rings. The van der Waals surface area contributed by atoms with Gasteiger partial charge in [0.2, 0.25) is 0 Å². The average molecular weight is 434 g/mol. The molecule has 0 N–H and O–H groups in total. The average Bonchev–Trinajstić information content (AvgIpc) is 3.50. The van der Waals surface area contributed by atoms with E-state index in [0.717, 1.165) is 74.5 Å². The number of hydrogen-bond acceptors (Lipinski definition) is 7. The standard InChI is InChI=1S/C24H27N5O3/c1-16(32-18-2-3-21-20(8-18)19-4-6-30-11-17(19)9-25-21)22-10-29(27-26-22)23-12-24(13-23)15-31-7-5-28(24)14-23/h2-3,8-10,16H,4-7,11-15H2,1H3/t16-,23?,24?/m1/s1. The number of benzene rings is 1. The summed E-state index contributed by atoms with van der Waals surface area (Å²) in [6.45, 7) is 7.18. The molecule has 3 saturated heterocycles. The van der Waals surface area contributed by atoms with Crippen molar-refractivity contribution in [2.45, 2.75) is 50.0 Å². The van der Waals surface area contributed by atoms with E-state index in [2.05, 4.69) is 37.1 Å². The predicted molar refractivity (Wildman–Crippen MR) is 116 cm³/mol. The highest BCUT2D eigenvalue weighted by molar-refractivity contribution is 5.84. The van der Waals surface area contributed by atoms with E-state index in [9.17, 15) is 0 Å². The van der Waals surface area contributed by atoms with Gasteiger partial charge < -0.3 is 14.2 Å². The first kappa shape index (κ1) is 19.0. The Morgan fingerprint density at radius 2 is 2.09 bits per heavy atom. The highest BCUT2D eigenvalue weighted by Gasteiger charge is 2.67. The first-order chi connectivity index (χ1) is 15.6. The van der Waals surface area contributed by atoms with Crippen molar-refractivity contribution in [2.75, 3.05) is 32.9 Å². The second kappa shape index (κ2) is 6.73. The van der Waals surface area contributed by atoms with Gasteiger partial charge in [-0.2, -0.15) is 0 Å². The number of fused-ring (bicyclic) bond motifs is 3. The molecule has 2 aromatic heterocycles. The molecule has 5 aliphatic rings. The fourth-order valence-electron chi connectivity index (χ4n) is 6.29. The highest BCUT2D eigenvalue weighted by atomic mass is 16.5. The molecule has 1 aromatic carbocycles. The van der Waals surface area contributed by atoms with E-state index in [1.807, 2.05) is 25.3 Å². The molecule has 8 rings (SSSR count). The van der Waals surface area contributed by atoms with Crippen LogP contribution >= 0.6 is 0 Å². The molecule has 0 unspecified atom stereocenters. The van der Waals surface area contributed by atoms with Gasteiger partial charge in [-0.25, -0.2) is 4.68 Å². The Kier molecular flexibility index (Phi) is 3.99. The number of morpholine rings is 1. The van der Waals surface area contributed by atoms with Gasteiger partial charge in [0.1, 0.15) is 17.5 Å². The van der Waals surface area contributed by atoms with E-state index in [4.69, 9.17) is 14.2 Å². The summed E-state index contributed by atoms with van der Waals surface area (Å²) in [6, 6.07) is 6.13. The maximum Gasteiger partial charge on any atom is 0.141 e. The zero-order chi connectivity index (χ0) is 21.3. The maximum absolute atomic E-state index is 6.31. The van der Waals surface area contributed by atoms with Crippen LogP contribution in [0.2, 0.25) is 0 Å². The number of nitrogens with zero attached hydrogens (tertiary/aromatic N) is 5. The predicted octanol–water partition coefficient (Wildman–Crippen LogP) is 2.61. The Bertz CT molecular complexity index is 1200. The molecule has 6 heterocycles. The summed E-state index contributed by atoms with van der Waals surface area (Å²) in [6.07, 6.45) is 6.94. The number of hydrogen-bond donors (Lipinski definition) is 0. The summed E-state index contributed by atoms with van der Waals surface area (Å²) in [5.41, 5.74) is 4.65. The van der Waals surface area contributed by atoms with Crippen LogP contribution in [0, 0.1) is 0 Å². The van der Waals surface area contributed by atoms with Crippen LogP contribution in [0.3, 0.4) is 0 Å². The number of pyridine rings is 1. The zero-order valence-corrected chi connectivity index (χ0v) is 18.3. The highest BCUT2D eigenvalue weighted by Crippen LogP contribution is 2.58. The lowest BCUT2D eigenvalue weighted by atomic mass is 9.67. The second-order valence-corrected chi connectivity index (χ2v) is 9.87. The van der Waals surface area contributed by atoms with Gasteiger partial charge in [0.15, 0.2) is 0 Å². The van der Waals surface area contributed by atoms with Crippen molar-refractivity contribution in [1.29, 1.82) is 0 Å². The topological polar surface area (TPSA) is 74.5 Å². The maximum atomic E-state index is 6.31. The summed E-state index contributed by atoms with van der Waals surface area (Å²) in [4.78, 5) is 7.18. The lowest BCUT2D eigenvalue weighted by molar-refractivity contribution is -0.0714. The molecule has 0 amide bonds. The summed E-state index contributed by atoms with van der Waals surface area (Å²) in [5, 5.41) is 10.2. The van der Waals surface area contributed by atoms with Crippen LogP contribution in [-0.2, 0) is 28.0 Å². The van der Waals surface area contributed by atoms with Gasteiger partial charge in [0.25, 0.3) is 0 Å². The first-order valence-corrected chi connectivity index (χ1v) is 11.5. The van der Waals surface area contributed by atoms with E-state index in [1.165, 1.54) is 11.1 Å². The van der Waals surface area contributed by atoms with Crippen LogP contribution in [0.5, 0.6) is 5.75 Å².